The van der Waals surface area contributed by atoms with Crippen molar-refractivity contribution >= 4 is 5.91 Å². The van der Waals surface area contributed by atoms with Crippen LogP contribution in [0.2, 0.25) is 0 Å². The molecule has 0 spiro atoms. The molecule has 1 rings (SSSR count). The number of hydrogen-bond donors (Lipinski definition) is 1. The number of carbonyl (C=O) groups is 1. The van der Waals surface area contributed by atoms with Gasteiger partial charge in [-0.05, 0) is 13.8 Å². The van der Waals surface area contributed by atoms with Gasteiger partial charge in [-0.2, -0.15) is 0 Å². The molecule has 0 aromatic carbocycles. The number of rotatable bonds is 3. The molecule has 3 heteroatoms. The Hall–Kier alpha value is -0.570. The first-order valence-electron chi connectivity index (χ1n) is 4.91. The van der Waals surface area contributed by atoms with Gasteiger partial charge >= 0.3 is 0 Å². The smallest absolute Gasteiger partial charge is 0.280 e. The molecule has 0 aliphatic carbocycles. The summed E-state index contributed by atoms with van der Waals surface area (Å²) in [4.78, 5) is 13.6. The summed E-state index contributed by atoms with van der Waals surface area (Å²) in [5.41, 5.74) is 0. The van der Waals surface area contributed by atoms with Crippen molar-refractivity contribution in [2.45, 2.75) is 32.7 Å². The third-order valence-corrected chi connectivity index (χ3v) is 2.56. The Morgan fingerprint density at radius 1 is 1.50 bits per heavy atom. The van der Waals surface area contributed by atoms with E-state index in [1.54, 1.807) is 0 Å². The van der Waals surface area contributed by atoms with Crippen molar-refractivity contribution in [3.63, 3.8) is 0 Å². The molecule has 0 aromatic heterocycles. The zero-order valence-corrected chi connectivity index (χ0v) is 8.05. The maximum atomic E-state index is 11.7. The van der Waals surface area contributed by atoms with E-state index in [1.807, 2.05) is 18.7 Å². The molecule has 3 nitrogen and oxygen atoms in total. The summed E-state index contributed by atoms with van der Waals surface area (Å²) in [6.07, 6.45) is 2.26. The summed E-state index contributed by atoms with van der Waals surface area (Å²) in [6.45, 7) is 6.89. The van der Waals surface area contributed by atoms with Crippen molar-refractivity contribution < 1.29 is 10.1 Å². The van der Waals surface area contributed by atoms with Crippen LogP contribution >= 0.6 is 0 Å². The minimum atomic E-state index is 0.227. The number of likely N-dealkylation sites (N-methyl/N-ethyl adjacent to an activating group) is 1. The second-order valence-electron chi connectivity index (χ2n) is 3.28. The van der Waals surface area contributed by atoms with Gasteiger partial charge in [0.1, 0.15) is 0 Å². The zero-order chi connectivity index (χ0) is 8.97. The van der Waals surface area contributed by atoms with Gasteiger partial charge in [-0.15, -0.1) is 0 Å². The summed E-state index contributed by atoms with van der Waals surface area (Å²) in [7, 11) is 0. The number of hydrogen-bond acceptors (Lipinski definition) is 1. The number of nitrogens with zero attached hydrogens (tertiary/aromatic N) is 1. The standard InChI is InChI=1S/C9H18N2O/c1-3-11(4-2)9(12)8-6-5-7-10-8/h8,10H,3-7H2,1-2H3/p+1/t8-/m1/s1. The molecule has 0 radical (unpaired) electrons. The number of carbonyl (C=O) groups excluding carboxylic acids is 1. The van der Waals surface area contributed by atoms with Gasteiger partial charge in [-0.1, -0.05) is 0 Å². The maximum absolute atomic E-state index is 11.7. The fourth-order valence-electron chi connectivity index (χ4n) is 1.77. The average Bonchev–Trinajstić information content (AvgIpc) is 2.58. The van der Waals surface area contributed by atoms with Crippen molar-refractivity contribution in [3.8, 4) is 0 Å². The minimum absolute atomic E-state index is 0.227. The third kappa shape index (κ3) is 1.97. The van der Waals surface area contributed by atoms with E-state index in [9.17, 15) is 4.79 Å². The number of nitrogens with two attached hydrogens (primary N) is 1. The molecule has 1 amide bonds. The fraction of sp³-hybridized carbons (Fsp3) is 0.889. The summed E-state index contributed by atoms with van der Waals surface area (Å²) in [6, 6.07) is 0.227. The summed E-state index contributed by atoms with van der Waals surface area (Å²) < 4.78 is 0. The van der Waals surface area contributed by atoms with Crippen LogP contribution in [0.3, 0.4) is 0 Å². The molecule has 0 saturated carbocycles. The highest BCUT2D eigenvalue weighted by molar-refractivity contribution is 5.80. The predicted molar refractivity (Wildman–Crippen MR) is 47.7 cm³/mol. The van der Waals surface area contributed by atoms with Crippen LogP contribution < -0.4 is 5.32 Å². The van der Waals surface area contributed by atoms with E-state index in [0.29, 0.717) is 5.91 Å². The molecule has 1 aliphatic rings. The van der Waals surface area contributed by atoms with Gasteiger partial charge in [0.25, 0.3) is 5.91 Å². The summed E-state index contributed by atoms with van der Waals surface area (Å²) >= 11 is 0. The van der Waals surface area contributed by atoms with Crippen LogP contribution in [0.15, 0.2) is 0 Å². The second kappa shape index (κ2) is 4.45. The van der Waals surface area contributed by atoms with Gasteiger partial charge < -0.3 is 10.2 Å². The Balaban J connectivity index is 2.43. The quantitative estimate of drug-likeness (QED) is 0.615. The molecular weight excluding hydrogens is 152 g/mol. The molecule has 0 unspecified atom stereocenters. The highest BCUT2D eigenvalue weighted by atomic mass is 16.2. The average molecular weight is 171 g/mol. The lowest BCUT2D eigenvalue weighted by atomic mass is 10.2. The largest absolute Gasteiger partial charge is 0.338 e. The van der Waals surface area contributed by atoms with Crippen molar-refractivity contribution in [3.05, 3.63) is 0 Å². The molecule has 1 fully saturated rings. The van der Waals surface area contributed by atoms with E-state index in [4.69, 9.17) is 0 Å². The third-order valence-electron chi connectivity index (χ3n) is 2.56. The van der Waals surface area contributed by atoms with Gasteiger partial charge in [-0.3, -0.25) is 4.79 Å². The molecule has 0 bridgehead atoms. The molecule has 1 heterocycles. The first-order chi connectivity index (χ1) is 5.79. The van der Waals surface area contributed by atoms with Crippen molar-refractivity contribution in [1.29, 1.82) is 0 Å². The van der Waals surface area contributed by atoms with Crippen molar-refractivity contribution in [1.82, 2.24) is 4.90 Å². The van der Waals surface area contributed by atoms with Crippen molar-refractivity contribution in [2.24, 2.45) is 0 Å². The Morgan fingerprint density at radius 2 is 2.17 bits per heavy atom. The van der Waals surface area contributed by atoms with Crippen molar-refractivity contribution in [2.75, 3.05) is 19.6 Å². The van der Waals surface area contributed by atoms with Crippen LogP contribution in [0.1, 0.15) is 26.7 Å². The van der Waals surface area contributed by atoms with Crippen LogP contribution in [0.5, 0.6) is 0 Å². The lowest BCUT2D eigenvalue weighted by Gasteiger charge is -2.20. The van der Waals surface area contributed by atoms with Gasteiger partial charge in [0.05, 0.1) is 6.54 Å². The van der Waals surface area contributed by atoms with E-state index in [0.717, 1.165) is 26.1 Å². The minimum Gasteiger partial charge on any atom is -0.338 e. The maximum Gasteiger partial charge on any atom is 0.280 e. The highest BCUT2D eigenvalue weighted by Crippen LogP contribution is 2.02. The van der Waals surface area contributed by atoms with Gasteiger partial charge in [0.15, 0.2) is 6.04 Å². The summed E-state index contributed by atoms with van der Waals surface area (Å²) in [5, 5.41) is 2.17. The molecule has 1 atom stereocenters. The van der Waals surface area contributed by atoms with Gasteiger partial charge in [0, 0.05) is 25.9 Å². The number of quaternary nitrogens is 1. The first-order valence-corrected chi connectivity index (χ1v) is 4.91. The van der Waals surface area contributed by atoms with E-state index < -0.39 is 0 Å². The topological polar surface area (TPSA) is 36.9 Å². The molecule has 2 N–H and O–H groups in total. The highest BCUT2D eigenvalue weighted by Gasteiger charge is 2.28. The Morgan fingerprint density at radius 3 is 2.58 bits per heavy atom. The Kier molecular flexibility index (Phi) is 3.53. The Bertz CT molecular complexity index is 145. The fourth-order valence-corrected chi connectivity index (χ4v) is 1.77. The lowest BCUT2D eigenvalue weighted by Crippen LogP contribution is -2.89. The predicted octanol–water partition coefficient (Wildman–Crippen LogP) is -0.419. The van der Waals surface area contributed by atoms with E-state index in [-0.39, 0.29) is 6.04 Å². The molecule has 1 saturated heterocycles. The van der Waals surface area contributed by atoms with Crippen LogP contribution in [0, 0.1) is 0 Å². The molecular formula is C9H19N2O+. The second-order valence-corrected chi connectivity index (χ2v) is 3.28. The monoisotopic (exact) mass is 171 g/mol. The normalized spacial score (nSPS) is 22.7. The molecule has 1 aliphatic heterocycles. The molecule has 12 heavy (non-hydrogen) atoms. The first kappa shape index (κ1) is 9.52. The summed E-state index contributed by atoms with van der Waals surface area (Å²) in [5.74, 6) is 0.331. The van der Waals surface area contributed by atoms with E-state index in [2.05, 4.69) is 5.32 Å². The lowest BCUT2D eigenvalue weighted by molar-refractivity contribution is -0.658. The van der Waals surface area contributed by atoms with Crippen LogP contribution in [-0.2, 0) is 4.79 Å². The van der Waals surface area contributed by atoms with Crippen LogP contribution in [-0.4, -0.2) is 36.5 Å². The molecule has 0 aromatic rings. The zero-order valence-electron chi connectivity index (χ0n) is 8.05. The van der Waals surface area contributed by atoms with E-state index in [1.165, 1.54) is 6.42 Å². The van der Waals surface area contributed by atoms with Crippen LogP contribution in [0.25, 0.3) is 0 Å². The SMILES string of the molecule is CCN(CC)C(=O)[C@H]1CCC[NH2+]1. The van der Waals surface area contributed by atoms with Crippen LogP contribution in [0.4, 0.5) is 0 Å². The van der Waals surface area contributed by atoms with E-state index >= 15 is 0 Å². The Labute approximate surface area is 74.1 Å². The number of amides is 1. The van der Waals surface area contributed by atoms with Gasteiger partial charge in [0.2, 0.25) is 0 Å². The molecule has 70 valence electrons. The van der Waals surface area contributed by atoms with Gasteiger partial charge in [-0.25, -0.2) is 0 Å².